The summed E-state index contributed by atoms with van der Waals surface area (Å²) in [5.74, 6) is -3.34. The zero-order valence-electron chi connectivity index (χ0n) is 16.0. The number of hydrogen-bond acceptors (Lipinski definition) is 6. The number of carboxylic acids is 1. The van der Waals surface area contributed by atoms with Crippen LogP contribution in [-0.4, -0.2) is 47.2 Å². The molecule has 0 aromatic rings. The number of nitrogens with one attached hydrogen (secondary N) is 1. The van der Waals surface area contributed by atoms with E-state index in [1.807, 2.05) is 0 Å². The lowest BCUT2D eigenvalue weighted by Crippen LogP contribution is -2.48. The van der Waals surface area contributed by atoms with Crippen molar-refractivity contribution in [3.8, 4) is 0 Å². The first-order chi connectivity index (χ1) is 12.7. The summed E-state index contributed by atoms with van der Waals surface area (Å²) in [4.78, 5) is 46.4. The van der Waals surface area contributed by atoms with Gasteiger partial charge in [0.1, 0.15) is 12.2 Å². The zero-order chi connectivity index (χ0) is 20.4. The van der Waals surface area contributed by atoms with E-state index in [-0.39, 0.29) is 18.1 Å². The van der Waals surface area contributed by atoms with Crippen molar-refractivity contribution in [1.82, 2.24) is 5.32 Å². The van der Waals surface area contributed by atoms with Crippen molar-refractivity contribution in [1.29, 1.82) is 0 Å². The van der Waals surface area contributed by atoms with Crippen molar-refractivity contribution >= 4 is 23.8 Å². The highest BCUT2D eigenvalue weighted by Gasteiger charge is 2.29. The Morgan fingerprint density at radius 1 is 1.11 bits per heavy atom. The molecule has 27 heavy (non-hydrogen) atoms. The number of carboxylic acid groups (broad SMARTS) is 1. The van der Waals surface area contributed by atoms with Crippen LogP contribution in [0, 0.1) is 0 Å². The van der Waals surface area contributed by atoms with Crippen LogP contribution >= 0.6 is 0 Å². The first-order valence-corrected chi connectivity index (χ1v) is 9.28. The molecule has 0 heterocycles. The minimum atomic E-state index is -1.39. The van der Waals surface area contributed by atoms with Crippen LogP contribution in [0.25, 0.3) is 0 Å². The standard InChI is InChI=1S/C19H29NO7/c1-12(11-16(22)27-15-9-7-5-4-6-8-10-15)19(25)26-13(2)17(18(23)24)20-14(3)21/h13,15,17H,1,4-11H2,2-3H3,(H,20,21)(H,23,24). The SMILES string of the molecule is C=C(CC(=O)OC1CCCCCCC1)C(=O)OC(C)C(NC(C)=O)C(=O)O. The lowest BCUT2D eigenvalue weighted by Gasteiger charge is -2.22. The summed E-state index contributed by atoms with van der Waals surface area (Å²) < 4.78 is 10.5. The van der Waals surface area contributed by atoms with Gasteiger partial charge in [-0.3, -0.25) is 9.59 Å². The van der Waals surface area contributed by atoms with E-state index in [2.05, 4.69) is 11.9 Å². The molecule has 152 valence electrons. The molecule has 0 spiro atoms. The summed E-state index contributed by atoms with van der Waals surface area (Å²) in [6.07, 6.45) is 5.53. The molecule has 1 saturated carbocycles. The summed E-state index contributed by atoms with van der Waals surface area (Å²) in [7, 11) is 0. The Morgan fingerprint density at radius 3 is 2.19 bits per heavy atom. The number of carbonyl (C=O) groups is 4. The molecule has 1 rings (SSSR count). The highest BCUT2D eigenvalue weighted by Crippen LogP contribution is 2.20. The van der Waals surface area contributed by atoms with Gasteiger partial charge in [0.15, 0.2) is 6.04 Å². The van der Waals surface area contributed by atoms with E-state index >= 15 is 0 Å². The van der Waals surface area contributed by atoms with E-state index in [0.717, 1.165) is 45.4 Å². The van der Waals surface area contributed by atoms with Gasteiger partial charge in [0.25, 0.3) is 0 Å². The van der Waals surface area contributed by atoms with Gasteiger partial charge in [-0.05, 0) is 32.6 Å². The van der Waals surface area contributed by atoms with Crippen molar-refractivity contribution in [3.05, 3.63) is 12.2 Å². The second kappa shape index (κ2) is 11.4. The first kappa shape index (κ1) is 22.7. The fraction of sp³-hybridized carbons (Fsp3) is 0.684. The van der Waals surface area contributed by atoms with Gasteiger partial charge in [-0.1, -0.05) is 25.8 Å². The highest BCUT2D eigenvalue weighted by molar-refractivity contribution is 5.93. The van der Waals surface area contributed by atoms with Crippen molar-refractivity contribution < 1.29 is 33.8 Å². The largest absolute Gasteiger partial charge is 0.480 e. The maximum Gasteiger partial charge on any atom is 0.334 e. The summed E-state index contributed by atoms with van der Waals surface area (Å²) in [6.45, 7) is 6.03. The summed E-state index contributed by atoms with van der Waals surface area (Å²) in [5.41, 5.74) is -0.121. The van der Waals surface area contributed by atoms with Crippen LogP contribution in [0.4, 0.5) is 0 Å². The smallest absolute Gasteiger partial charge is 0.334 e. The van der Waals surface area contributed by atoms with Crippen LogP contribution in [0.15, 0.2) is 12.2 Å². The van der Waals surface area contributed by atoms with E-state index in [1.54, 1.807) is 0 Å². The van der Waals surface area contributed by atoms with Crippen molar-refractivity contribution in [2.24, 2.45) is 0 Å². The normalized spacial score (nSPS) is 17.6. The van der Waals surface area contributed by atoms with E-state index in [1.165, 1.54) is 13.3 Å². The van der Waals surface area contributed by atoms with Crippen molar-refractivity contribution in [2.45, 2.75) is 83.5 Å². The highest BCUT2D eigenvalue weighted by atomic mass is 16.6. The lowest BCUT2D eigenvalue weighted by atomic mass is 9.98. The quantitative estimate of drug-likeness (QED) is 0.486. The van der Waals surface area contributed by atoms with Crippen LogP contribution in [0.5, 0.6) is 0 Å². The fourth-order valence-electron chi connectivity index (χ4n) is 2.93. The lowest BCUT2D eigenvalue weighted by molar-refractivity contribution is -0.156. The second-order valence-electron chi connectivity index (χ2n) is 6.86. The molecule has 1 amide bonds. The zero-order valence-corrected chi connectivity index (χ0v) is 16.0. The Morgan fingerprint density at radius 2 is 1.67 bits per heavy atom. The maximum absolute atomic E-state index is 12.1. The number of aliphatic carboxylic acids is 1. The molecular formula is C19H29NO7. The Bertz CT molecular complexity index is 564. The molecule has 0 aliphatic heterocycles. The molecule has 0 aromatic heterocycles. The second-order valence-corrected chi connectivity index (χ2v) is 6.86. The Balaban J connectivity index is 2.49. The van der Waals surface area contributed by atoms with Gasteiger partial charge in [-0.2, -0.15) is 0 Å². The van der Waals surface area contributed by atoms with Crippen LogP contribution in [0.1, 0.15) is 65.2 Å². The summed E-state index contributed by atoms with van der Waals surface area (Å²) in [5, 5.41) is 11.3. The van der Waals surface area contributed by atoms with Gasteiger partial charge in [-0.25, -0.2) is 9.59 Å². The molecule has 0 radical (unpaired) electrons. The number of amides is 1. The van der Waals surface area contributed by atoms with E-state index in [9.17, 15) is 19.2 Å². The van der Waals surface area contributed by atoms with Crippen LogP contribution < -0.4 is 5.32 Å². The Kier molecular flexibility index (Phi) is 9.53. The third-order valence-electron chi connectivity index (χ3n) is 4.38. The molecule has 8 nitrogen and oxygen atoms in total. The maximum atomic E-state index is 12.1. The van der Waals surface area contributed by atoms with E-state index in [0.29, 0.717) is 0 Å². The van der Waals surface area contributed by atoms with E-state index in [4.69, 9.17) is 14.6 Å². The molecule has 2 unspecified atom stereocenters. The van der Waals surface area contributed by atoms with Gasteiger partial charge in [0.05, 0.1) is 6.42 Å². The monoisotopic (exact) mass is 383 g/mol. The van der Waals surface area contributed by atoms with E-state index < -0.39 is 36.0 Å². The van der Waals surface area contributed by atoms with Gasteiger partial charge < -0.3 is 19.9 Å². The van der Waals surface area contributed by atoms with Gasteiger partial charge in [0, 0.05) is 12.5 Å². The third kappa shape index (κ3) is 8.70. The topological polar surface area (TPSA) is 119 Å². The Labute approximate surface area is 159 Å². The minimum Gasteiger partial charge on any atom is -0.480 e. The molecule has 2 atom stereocenters. The average Bonchev–Trinajstić information content (AvgIpc) is 2.54. The Hall–Kier alpha value is -2.38. The van der Waals surface area contributed by atoms with Crippen LogP contribution in [0.2, 0.25) is 0 Å². The van der Waals surface area contributed by atoms with Gasteiger partial charge >= 0.3 is 17.9 Å². The number of carbonyl (C=O) groups excluding carboxylic acids is 3. The number of ether oxygens (including phenoxy) is 2. The average molecular weight is 383 g/mol. The molecule has 0 aromatic carbocycles. The van der Waals surface area contributed by atoms with Crippen molar-refractivity contribution in [3.63, 3.8) is 0 Å². The van der Waals surface area contributed by atoms with Gasteiger partial charge in [-0.15, -0.1) is 0 Å². The predicted molar refractivity (Wildman–Crippen MR) is 96.8 cm³/mol. The molecule has 1 fully saturated rings. The molecule has 0 saturated heterocycles. The summed E-state index contributed by atoms with van der Waals surface area (Å²) in [6, 6.07) is -1.39. The molecule has 1 aliphatic rings. The first-order valence-electron chi connectivity index (χ1n) is 9.28. The van der Waals surface area contributed by atoms with Crippen LogP contribution in [-0.2, 0) is 28.7 Å². The summed E-state index contributed by atoms with van der Waals surface area (Å²) >= 11 is 0. The molecular weight excluding hydrogens is 354 g/mol. The number of hydrogen-bond donors (Lipinski definition) is 2. The number of rotatable bonds is 8. The van der Waals surface area contributed by atoms with Crippen LogP contribution in [0.3, 0.4) is 0 Å². The fourth-order valence-corrected chi connectivity index (χ4v) is 2.93. The molecule has 8 heteroatoms. The molecule has 2 N–H and O–H groups in total. The molecule has 1 aliphatic carbocycles. The number of esters is 2. The third-order valence-corrected chi connectivity index (χ3v) is 4.38. The van der Waals surface area contributed by atoms with Crippen molar-refractivity contribution in [2.75, 3.05) is 0 Å². The van der Waals surface area contributed by atoms with Gasteiger partial charge in [0.2, 0.25) is 5.91 Å². The minimum absolute atomic E-state index is 0.121. The molecule has 0 bridgehead atoms. The predicted octanol–water partition coefficient (Wildman–Crippen LogP) is 2.11.